The molecule has 5 N–H and O–H groups in total. The zero-order valence-electron chi connectivity index (χ0n) is 20.6. The van der Waals surface area contributed by atoms with Crippen LogP contribution in [0.3, 0.4) is 0 Å². The van der Waals surface area contributed by atoms with Crippen LogP contribution in [0, 0.1) is 0 Å². The number of nitrogens with zero attached hydrogens (tertiary/aromatic N) is 3. The molecule has 1 unspecified atom stereocenters. The second-order valence-electron chi connectivity index (χ2n) is 8.54. The van der Waals surface area contributed by atoms with E-state index in [1.165, 1.54) is 25.3 Å². The predicted octanol–water partition coefficient (Wildman–Crippen LogP) is 4.43. The Morgan fingerprint density at radius 1 is 1.00 bits per heavy atom. The maximum Gasteiger partial charge on any atom is 0.429 e. The zero-order valence-corrected chi connectivity index (χ0v) is 20.6. The Morgan fingerprint density at radius 3 is 2.36 bits per heavy atom. The number of carboxylic acids is 1. The summed E-state index contributed by atoms with van der Waals surface area (Å²) in [7, 11) is 1.51. The fourth-order valence-corrected chi connectivity index (χ4v) is 3.76. The Hall–Kier alpha value is -4.71. The fraction of sp³-hybridized carbons (Fsp3) is 0.185. The molecule has 202 valence electrons. The first-order chi connectivity index (χ1) is 18.5. The summed E-state index contributed by atoms with van der Waals surface area (Å²) in [5, 5.41) is 8.98. The molecule has 0 bridgehead atoms. The first kappa shape index (κ1) is 27.3. The second-order valence-corrected chi connectivity index (χ2v) is 8.54. The van der Waals surface area contributed by atoms with Crippen LogP contribution in [0.1, 0.15) is 17.2 Å². The summed E-state index contributed by atoms with van der Waals surface area (Å²) in [5.41, 5.74) is 13.6. The van der Waals surface area contributed by atoms with E-state index in [0.717, 1.165) is 6.20 Å². The highest BCUT2D eigenvalue weighted by molar-refractivity contribution is 5.73. The molecule has 0 saturated heterocycles. The number of alkyl halides is 3. The van der Waals surface area contributed by atoms with Gasteiger partial charge < -0.3 is 26.0 Å². The molecule has 0 amide bonds. The third-order valence-electron chi connectivity index (χ3n) is 5.73. The Balaban J connectivity index is 1.58. The summed E-state index contributed by atoms with van der Waals surface area (Å²) in [6.07, 6.45) is -5.96. The van der Waals surface area contributed by atoms with Crippen LogP contribution < -0.4 is 20.9 Å². The van der Waals surface area contributed by atoms with Gasteiger partial charge in [-0.15, -0.1) is 0 Å². The largest absolute Gasteiger partial charge is 0.497 e. The van der Waals surface area contributed by atoms with Crippen molar-refractivity contribution in [2.45, 2.75) is 24.7 Å². The zero-order chi connectivity index (χ0) is 28.2. The molecular formula is C27H24F3N5O4. The number of nitrogens with two attached hydrogens (primary N) is 2. The lowest BCUT2D eigenvalue weighted by molar-refractivity contribution is -0.198. The van der Waals surface area contributed by atoms with Crippen LogP contribution in [0.15, 0.2) is 72.9 Å². The third kappa shape index (κ3) is 6.79. The van der Waals surface area contributed by atoms with Crippen molar-refractivity contribution in [1.82, 2.24) is 15.0 Å². The number of ether oxygens (including phenoxy) is 2. The van der Waals surface area contributed by atoms with Gasteiger partial charge in [0.05, 0.1) is 18.5 Å². The van der Waals surface area contributed by atoms with Crippen molar-refractivity contribution < 1.29 is 32.5 Å². The number of halogens is 3. The quantitative estimate of drug-likeness (QED) is 0.281. The molecule has 2 heterocycles. The lowest BCUT2D eigenvalue weighted by Crippen LogP contribution is -2.32. The number of methoxy groups -OCH3 is 1. The lowest BCUT2D eigenvalue weighted by atomic mass is 10.0. The van der Waals surface area contributed by atoms with Gasteiger partial charge in [0.25, 0.3) is 0 Å². The maximum atomic E-state index is 14.0. The highest BCUT2D eigenvalue weighted by Crippen LogP contribution is 2.37. The van der Waals surface area contributed by atoms with E-state index in [9.17, 15) is 18.0 Å². The van der Waals surface area contributed by atoms with E-state index < -0.39 is 24.3 Å². The number of pyridine rings is 1. The van der Waals surface area contributed by atoms with Crippen LogP contribution in [0.5, 0.6) is 11.6 Å². The predicted molar refractivity (Wildman–Crippen MR) is 137 cm³/mol. The number of aliphatic carboxylic acids is 1. The van der Waals surface area contributed by atoms with Crippen molar-refractivity contribution in [3.05, 3.63) is 84.1 Å². The van der Waals surface area contributed by atoms with Gasteiger partial charge in [-0.05, 0) is 30.2 Å². The SMILES string of the molecule is COc1cccc(-c2ccc(C(Oc3cc(-c4ccc(C[C@H](N)C(=O)O)cc4)nc(N)n3)C(F)(F)F)cn2)c1. The van der Waals surface area contributed by atoms with Crippen LogP contribution in [0.2, 0.25) is 0 Å². The summed E-state index contributed by atoms with van der Waals surface area (Å²) in [6, 6.07) is 16.4. The minimum Gasteiger partial charge on any atom is -0.497 e. The average Bonchev–Trinajstić information content (AvgIpc) is 2.91. The van der Waals surface area contributed by atoms with Gasteiger partial charge in [0.15, 0.2) is 0 Å². The first-order valence-electron chi connectivity index (χ1n) is 11.6. The number of rotatable bonds is 9. The number of hydrogen-bond acceptors (Lipinski definition) is 8. The molecule has 0 spiro atoms. The topological polar surface area (TPSA) is 146 Å². The fourth-order valence-electron chi connectivity index (χ4n) is 3.76. The molecule has 2 aromatic heterocycles. The van der Waals surface area contributed by atoms with E-state index in [-0.39, 0.29) is 29.5 Å². The molecule has 0 radical (unpaired) electrons. The Morgan fingerprint density at radius 2 is 1.74 bits per heavy atom. The number of hydrogen-bond donors (Lipinski definition) is 3. The third-order valence-corrected chi connectivity index (χ3v) is 5.73. The van der Waals surface area contributed by atoms with Crippen molar-refractivity contribution in [1.29, 1.82) is 0 Å². The van der Waals surface area contributed by atoms with Gasteiger partial charge in [0, 0.05) is 29.0 Å². The molecule has 2 aromatic carbocycles. The molecule has 2 atom stereocenters. The van der Waals surface area contributed by atoms with Gasteiger partial charge >= 0.3 is 12.1 Å². The highest BCUT2D eigenvalue weighted by Gasteiger charge is 2.43. The molecular weight excluding hydrogens is 515 g/mol. The summed E-state index contributed by atoms with van der Waals surface area (Å²) in [6.45, 7) is 0. The van der Waals surface area contributed by atoms with Crippen LogP contribution in [-0.2, 0) is 11.2 Å². The Kier molecular flexibility index (Phi) is 7.96. The molecule has 4 aromatic rings. The standard InChI is InChI=1S/C27H24F3N5O4/c1-38-19-4-2-3-17(12-19)21-10-9-18(14-33-21)24(27(28,29)30)39-23-13-22(34-26(32)35-23)16-7-5-15(6-8-16)11-20(31)25(36)37/h2-10,12-14,20,24H,11,31H2,1H3,(H,36,37)(H2,32,34,35)/t20-,24?/m0/s1. The van der Waals surface area contributed by atoms with Gasteiger partial charge in [-0.2, -0.15) is 18.2 Å². The number of carboxylic acid groups (broad SMARTS) is 1. The van der Waals surface area contributed by atoms with E-state index in [0.29, 0.717) is 28.1 Å². The molecule has 0 fully saturated rings. The van der Waals surface area contributed by atoms with E-state index >= 15 is 0 Å². The monoisotopic (exact) mass is 539 g/mol. The molecule has 39 heavy (non-hydrogen) atoms. The number of carbonyl (C=O) groups is 1. The van der Waals surface area contributed by atoms with Gasteiger partial charge in [0.1, 0.15) is 11.8 Å². The summed E-state index contributed by atoms with van der Waals surface area (Å²) >= 11 is 0. The number of nitrogen functional groups attached to an aromatic ring is 1. The number of benzene rings is 2. The van der Waals surface area contributed by atoms with Crippen molar-refractivity contribution in [2.24, 2.45) is 5.73 Å². The van der Waals surface area contributed by atoms with Crippen LogP contribution >= 0.6 is 0 Å². The van der Waals surface area contributed by atoms with E-state index in [4.69, 9.17) is 26.0 Å². The summed E-state index contributed by atoms with van der Waals surface area (Å²) in [5.74, 6) is -1.21. The Labute approximate surface area is 221 Å². The van der Waals surface area contributed by atoms with Crippen LogP contribution in [0.25, 0.3) is 22.5 Å². The normalized spacial score (nSPS) is 12.9. The molecule has 4 rings (SSSR count). The summed E-state index contributed by atoms with van der Waals surface area (Å²) in [4.78, 5) is 23.1. The van der Waals surface area contributed by atoms with Gasteiger partial charge in [0.2, 0.25) is 17.9 Å². The summed E-state index contributed by atoms with van der Waals surface area (Å²) < 4.78 is 52.6. The Bertz CT molecular complexity index is 1450. The molecule has 12 heteroatoms. The first-order valence-corrected chi connectivity index (χ1v) is 11.6. The minimum atomic E-state index is -4.79. The van der Waals surface area contributed by atoms with Crippen LogP contribution in [0.4, 0.5) is 19.1 Å². The van der Waals surface area contributed by atoms with Gasteiger partial charge in [-0.3, -0.25) is 9.78 Å². The molecule has 0 aliphatic carbocycles. The maximum absolute atomic E-state index is 14.0. The van der Waals surface area contributed by atoms with E-state index in [2.05, 4.69) is 15.0 Å². The van der Waals surface area contributed by atoms with Gasteiger partial charge in [-0.25, -0.2) is 4.98 Å². The molecule has 0 aliphatic rings. The van der Waals surface area contributed by atoms with Gasteiger partial charge in [-0.1, -0.05) is 42.5 Å². The van der Waals surface area contributed by atoms with Crippen LogP contribution in [-0.4, -0.2) is 45.4 Å². The lowest BCUT2D eigenvalue weighted by Gasteiger charge is -2.22. The molecule has 9 nitrogen and oxygen atoms in total. The highest BCUT2D eigenvalue weighted by atomic mass is 19.4. The minimum absolute atomic E-state index is 0.105. The van der Waals surface area contributed by atoms with Crippen molar-refractivity contribution in [2.75, 3.05) is 12.8 Å². The molecule has 0 saturated carbocycles. The van der Waals surface area contributed by atoms with Crippen molar-refractivity contribution >= 4 is 11.9 Å². The smallest absolute Gasteiger partial charge is 0.429 e. The number of aromatic nitrogens is 3. The molecule has 0 aliphatic heterocycles. The van der Waals surface area contributed by atoms with Crippen molar-refractivity contribution in [3.63, 3.8) is 0 Å². The van der Waals surface area contributed by atoms with E-state index in [1.54, 1.807) is 48.5 Å². The van der Waals surface area contributed by atoms with Crippen molar-refractivity contribution in [3.8, 4) is 34.1 Å². The number of anilines is 1. The second kappa shape index (κ2) is 11.4. The average molecular weight is 540 g/mol. The van der Waals surface area contributed by atoms with E-state index in [1.807, 2.05) is 0 Å².